The van der Waals surface area contributed by atoms with Gasteiger partial charge < -0.3 is 9.84 Å². The molecule has 1 fully saturated rings. The number of piperidine rings is 1. The van der Waals surface area contributed by atoms with Crippen LogP contribution in [0.4, 0.5) is 0 Å². The number of likely N-dealkylation sites (tertiary alicyclic amines) is 1. The Kier molecular flexibility index (Phi) is 7.32. The highest BCUT2D eigenvalue weighted by Gasteiger charge is 2.26. The van der Waals surface area contributed by atoms with Crippen LogP contribution in [0.15, 0.2) is 59.1 Å². The van der Waals surface area contributed by atoms with E-state index in [-0.39, 0.29) is 17.9 Å². The summed E-state index contributed by atoms with van der Waals surface area (Å²) in [5, 5.41) is 7.33. The number of hydrogen-bond acceptors (Lipinski definition) is 5. The smallest absolute Gasteiger partial charge is 0.241 e. The lowest BCUT2D eigenvalue weighted by molar-refractivity contribution is -0.127. The first kappa shape index (κ1) is 22.2. The van der Waals surface area contributed by atoms with Gasteiger partial charge in [0.25, 0.3) is 0 Å². The number of hydrogen-bond donors (Lipinski definition) is 1. The molecule has 4 rings (SSSR count). The summed E-state index contributed by atoms with van der Waals surface area (Å²) in [6.45, 7) is 6.50. The maximum Gasteiger partial charge on any atom is 0.241 e. The van der Waals surface area contributed by atoms with Gasteiger partial charge in [-0.15, -0.1) is 0 Å². The van der Waals surface area contributed by atoms with Gasteiger partial charge in [-0.2, -0.15) is 4.98 Å². The molecule has 6 nitrogen and oxygen atoms in total. The minimum absolute atomic E-state index is 0.0798. The largest absolute Gasteiger partial charge is 0.353 e. The third-order valence-corrected chi connectivity index (χ3v) is 6.19. The first-order valence-corrected chi connectivity index (χ1v) is 11.5. The number of nitrogens with zero attached hydrogens (tertiary/aromatic N) is 3. The molecule has 1 amide bonds. The highest BCUT2D eigenvalue weighted by atomic mass is 16.5. The van der Waals surface area contributed by atoms with E-state index in [1.807, 2.05) is 30.3 Å². The van der Waals surface area contributed by atoms with E-state index >= 15 is 0 Å². The van der Waals surface area contributed by atoms with E-state index in [1.165, 1.54) is 11.1 Å². The number of aromatic nitrogens is 2. The molecule has 0 bridgehead atoms. The molecule has 168 valence electrons. The van der Waals surface area contributed by atoms with Crippen LogP contribution in [-0.4, -0.2) is 40.1 Å². The number of carbonyl (C=O) groups excluding carboxylic acids is 1. The molecule has 1 atom stereocenters. The minimum atomic E-state index is 0.0798. The molecule has 0 aliphatic carbocycles. The van der Waals surface area contributed by atoms with Crippen molar-refractivity contribution >= 4 is 5.91 Å². The Morgan fingerprint density at radius 2 is 1.84 bits per heavy atom. The van der Waals surface area contributed by atoms with Crippen LogP contribution in [-0.2, 0) is 17.8 Å². The summed E-state index contributed by atoms with van der Waals surface area (Å²) in [4.78, 5) is 19.5. The van der Waals surface area contributed by atoms with E-state index in [0.717, 1.165) is 44.3 Å². The maximum absolute atomic E-state index is 12.7. The molecular formula is C26H32N4O2. The monoisotopic (exact) mass is 432 g/mol. The van der Waals surface area contributed by atoms with E-state index in [9.17, 15) is 4.79 Å². The minimum Gasteiger partial charge on any atom is -0.353 e. The highest BCUT2D eigenvalue weighted by molar-refractivity contribution is 5.79. The molecule has 2 aromatic carbocycles. The average molecular weight is 433 g/mol. The lowest BCUT2D eigenvalue weighted by Gasteiger charge is -2.30. The van der Waals surface area contributed by atoms with Crippen LogP contribution in [0.3, 0.4) is 0 Å². The van der Waals surface area contributed by atoms with Crippen molar-refractivity contribution in [1.82, 2.24) is 20.4 Å². The molecule has 2 heterocycles. The molecule has 6 heteroatoms. The number of aryl methyl sites for hydroxylation is 2. The van der Waals surface area contributed by atoms with Gasteiger partial charge in [-0.1, -0.05) is 65.3 Å². The van der Waals surface area contributed by atoms with Gasteiger partial charge in [0.2, 0.25) is 17.6 Å². The summed E-state index contributed by atoms with van der Waals surface area (Å²) < 4.78 is 5.46. The summed E-state index contributed by atoms with van der Waals surface area (Å²) in [7, 11) is 0. The number of carbonyl (C=O) groups is 1. The van der Waals surface area contributed by atoms with E-state index in [2.05, 4.69) is 58.5 Å². The Balaban J connectivity index is 1.20. The standard InChI is InChI=1S/C26H32N4O2/c1-19-8-12-22(13-9-19)25-28-24(32-29-25)18-30-16-14-23(15-17-30)26(31)27-20(2)10-11-21-6-4-3-5-7-21/h3-9,12-13,20,23H,10-11,14-18H2,1-2H3,(H,27,31). The second kappa shape index (κ2) is 10.6. The van der Waals surface area contributed by atoms with Crippen molar-refractivity contribution < 1.29 is 9.32 Å². The number of amides is 1. The average Bonchev–Trinajstić information content (AvgIpc) is 3.28. The molecule has 3 aromatic rings. The van der Waals surface area contributed by atoms with E-state index in [0.29, 0.717) is 18.3 Å². The quantitative estimate of drug-likeness (QED) is 0.571. The lowest BCUT2D eigenvalue weighted by atomic mass is 9.95. The van der Waals surface area contributed by atoms with Crippen molar-refractivity contribution in [3.63, 3.8) is 0 Å². The van der Waals surface area contributed by atoms with Crippen LogP contribution < -0.4 is 5.32 Å². The topological polar surface area (TPSA) is 71.3 Å². The predicted octanol–water partition coefficient (Wildman–Crippen LogP) is 4.39. The van der Waals surface area contributed by atoms with Crippen molar-refractivity contribution in [1.29, 1.82) is 0 Å². The fourth-order valence-corrected chi connectivity index (χ4v) is 4.14. The molecule has 0 radical (unpaired) electrons. The molecule has 32 heavy (non-hydrogen) atoms. The first-order chi connectivity index (χ1) is 15.6. The molecule has 0 spiro atoms. The van der Waals surface area contributed by atoms with Gasteiger partial charge in [-0.3, -0.25) is 9.69 Å². The Labute approximate surface area is 190 Å². The van der Waals surface area contributed by atoms with Gasteiger partial charge >= 0.3 is 0 Å². The van der Waals surface area contributed by atoms with Crippen molar-refractivity contribution in [2.75, 3.05) is 13.1 Å². The molecule has 0 saturated carbocycles. The number of rotatable bonds is 8. The summed E-state index contributed by atoms with van der Waals surface area (Å²) in [5.41, 5.74) is 3.48. The van der Waals surface area contributed by atoms with Crippen molar-refractivity contribution in [3.8, 4) is 11.4 Å². The Hall–Kier alpha value is -2.99. The van der Waals surface area contributed by atoms with Crippen molar-refractivity contribution in [3.05, 3.63) is 71.6 Å². The molecule has 1 aromatic heterocycles. The Morgan fingerprint density at radius 3 is 2.56 bits per heavy atom. The van der Waals surface area contributed by atoms with E-state index in [1.54, 1.807) is 0 Å². The van der Waals surface area contributed by atoms with E-state index in [4.69, 9.17) is 4.52 Å². The van der Waals surface area contributed by atoms with Crippen molar-refractivity contribution in [2.24, 2.45) is 5.92 Å². The highest BCUT2D eigenvalue weighted by Crippen LogP contribution is 2.21. The molecule has 1 aliphatic heterocycles. The zero-order chi connectivity index (χ0) is 22.3. The van der Waals surface area contributed by atoms with Gasteiger partial charge in [0, 0.05) is 17.5 Å². The van der Waals surface area contributed by atoms with Crippen LogP contribution in [0.1, 0.15) is 43.2 Å². The molecule has 1 aliphatic rings. The summed E-state index contributed by atoms with van der Waals surface area (Å²) >= 11 is 0. The normalized spacial score (nSPS) is 16.1. The van der Waals surface area contributed by atoms with Crippen LogP contribution in [0.2, 0.25) is 0 Å². The van der Waals surface area contributed by atoms with Gasteiger partial charge in [-0.25, -0.2) is 0 Å². The summed E-state index contributed by atoms with van der Waals surface area (Å²) in [5.74, 6) is 1.51. The van der Waals surface area contributed by atoms with Crippen LogP contribution in [0.5, 0.6) is 0 Å². The number of benzene rings is 2. The Morgan fingerprint density at radius 1 is 1.12 bits per heavy atom. The first-order valence-electron chi connectivity index (χ1n) is 11.5. The molecular weight excluding hydrogens is 400 g/mol. The van der Waals surface area contributed by atoms with E-state index < -0.39 is 0 Å². The zero-order valence-electron chi connectivity index (χ0n) is 19.0. The SMILES string of the molecule is Cc1ccc(-c2noc(CN3CCC(C(=O)NC(C)CCc4ccccc4)CC3)n2)cc1. The van der Waals surface area contributed by atoms with Gasteiger partial charge in [0.1, 0.15) is 0 Å². The third kappa shape index (κ3) is 6.04. The zero-order valence-corrected chi connectivity index (χ0v) is 19.0. The predicted molar refractivity (Wildman–Crippen MR) is 125 cm³/mol. The second-order valence-corrected chi connectivity index (χ2v) is 8.86. The summed E-state index contributed by atoms with van der Waals surface area (Å²) in [6.07, 6.45) is 3.65. The van der Waals surface area contributed by atoms with Gasteiger partial charge in [-0.05, 0) is 58.2 Å². The van der Waals surface area contributed by atoms with Crippen LogP contribution in [0, 0.1) is 12.8 Å². The van der Waals surface area contributed by atoms with Crippen molar-refractivity contribution in [2.45, 2.75) is 52.1 Å². The van der Waals surface area contributed by atoms with Crippen LogP contribution in [0.25, 0.3) is 11.4 Å². The number of nitrogens with one attached hydrogen (secondary N) is 1. The van der Waals surface area contributed by atoms with Gasteiger partial charge in [0.05, 0.1) is 6.54 Å². The molecule has 1 saturated heterocycles. The molecule has 1 N–H and O–H groups in total. The third-order valence-electron chi connectivity index (χ3n) is 6.19. The fraction of sp³-hybridized carbons (Fsp3) is 0.423. The fourth-order valence-electron chi connectivity index (χ4n) is 4.14. The van der Waals surface area contributed by atoms with Gasteiger partial charge in [0.15, 0.2) is 0 Å². The lowest BCUT2D eigenvalue weighted by Crippen LogP contribution is -2.43. The molecule has 1 unspecified atom stereocenters. The Bertz CT molecular complexity index is 992. The maximum atomic E-state index is 12.7. The summed E-state index contributed by atoms with van der Waals surface area (Å²) in [6, 6.07) is 18.7. The second-order valence-electron chi connectivity index (χ2n) is 8.86. The van der Waals surface area contributed by atoms with Crippen LogP contribution >= 0.6 is 0 Å².